The highest BCUT2D eigenvalue weighted by atomic mass is 16.2. The van der Waals surface area contributed by atoms with Crippen LogP contribution in [0.15, 0.2) is 39.9 Å². The van der Waals surface area contributed by atoms with E-state index in [1.165, 1.54) is 11.0 Å². The number of aromatic nitrogens is 3. The second kappa shape index (κ2) is 4.48. The molecule has 1 aromatic carbocycles. The summed E-state index contributed by atoms with van der Waals surface area (Å²) in [5, 5.41) is 0. The van der Waals surface area contributed by atoms with Crippen LogP contribution >= 0.6 is 0 Å². The average Bonchev–Trinajstić information content (AvgIpc) is 3.03. The molecule has 110 valence electrons. The van der Waals surface area contributed by atoms with E-state index in [9.17, 15) is 9.59 Å². The molecule has 4 rings (SSSR count). The lowest BCUT2D eigenvalue weighted by Crippen LogP contribution is -2.39. The summed E-state index contributed by atoms with van der Waals surface area (Å²) < 4.78 is 4.74. The van der Waals surface area contributed by atoms with Crippen molar-refractivity contribution in [2.24, 2.45) is 5.92 Å². The molecule has 0 bridgehead atoms. The van der Waals surface area contributed by atoms with Gasteiger partial charge in [-0.25, -0.2) is 23.5 Å². The van der Waals surface area contributed by atoms with Crippen molar-refractivity contribution in [2.45, 2.75) is 44.7 Å². The number of para-hydroxylation sites is 1. The lowest BCUT2D eigenvalue weighted by molar-refractivity contribution is 0.176. The first kappa shape index (κ1) is 12.7. The number of benzene rings is 1. The smallest absolute Gasteiger partial charge is 0.245 e. The van der Waals surface area contributed by atoms with Gasteiger partial charge in [-0.15, -0.1) is 0 Å². The van der Waals surface area contributed by atoms with Crippen LogP contribution in [0.25, 0.3) is 5.69 Å². The van der Waals surface area contributed by atoms with Crippen molar-refractivity contribution >= 4 is 0 Å². The predicted molar refractivity (Wildman–Crippen MR) is 80.0 cm³/mol. The Labute approximate surface area is 122 Å². The summed E-state index contributed by atoms with van der Waals surface area (Å²) in [6.45, 7) is 2.04. The van der Waals surface area contributed by atoms with Gasteiger partial charge in [0.25, 0.3) is 0 Å². The lowest BCUT2D eigenvalue weighted by atomic mass is 9.94. The number of hydrogen-bond acceptors (Lipinski definition) is 2. The van der Waals surface area contributed by atoms with Crippen LogP contribution < -0.4 is 11.4 Å². The summed E-state index contributed by atoms with van der Waals surface area (Å²) in [5.41, 5.74) is 0.266. The van der Waals surface area contributed by atoms with Gasteiger partial charge in [0.15, 0.2) is 0 Å². The van der Waals surface area contributed by atoms with Gasteiger partial charge in [0.1, 0.15) is 0 Å². The topological polar surface area (TPSA) is 48.9 Å². The van der Waals surface area contributed by atoms with E-state index in [1.807, 2.05) is 37.3 Å². The monoisotopic (exact) mass is 285 g/mol. The predicted octanol–water partition coefficient (Wildman–Crippen LogP) is 2.11. The van der Waals surface area contributed by atoms with E-state index in [-0.39, 0.29) is 23.5 Å². The first-order valence-corrected chi connectivity index (χ1v) is 7.70. The molecule has 3 atom stereocenters. The molecule has 0 saturated heterocycles. The van der Waals surface area contributed by atoms with E-state index >= 15 is 0 Å². The van der Waals surface area contributed by atoms with Gasteiger partial charge < -0.3 is 0 Å². The minimum atomic E-state index is -0.205. The van der Waals surface area contributed by atoms with Crippen LogP contribution in [0.3, 0.4) is 0 Å². The largest absolute Gasteiger partial charge is 0.352 e. The second-order valence-corrected chi connectivity index (χ2v) is 6.27. The highest BCUT2D eigenvalue weighted by Gasteiger charge is 2.39. The zero-order valence-electron chi connectivity index (χ0n) is 12.1. The molecule has 0 radical (unpaired) electrons. The Bertz CT molecular complexity index is 784. The van der Waals surface area contributed by atoms with E-state index in [1.54, 1.807) is 9.36 Å². The minimum absolute atomic E-state index is 0.0921. The molecular weight excluding hydrogens is 266 g/mol. The Hall–Kier alpha value is -2.04. The molecule has 0 unspecified atom stereocenters. The van der Waals surface area contributed by atoms with Gasteiger partial charge in [0.2, 0.25) is 0 Å². The van der Waals surface area contributed by atoms with Gasteiger partial charge in [-0.1, -0.05) is 24.6 Å². The summed E-state index contributed by atoms with van der Waals surface area (Å²) in [4.78, 5) is 25.6. The third-order valence-electron chi connectivity index (χ3n) is 5.02. The van der Waals surface area contributed by atoms with Crippen LogP contribution in [-0.4, -0.2) is 13.9 Å². The minimum Gasteiger partial charge on any atom is -0.245 e. The van der Waals surface area contributed by atoms with Gasteiger partial charge in [-0.2, -0.15) is 0 Å². The van der Waals surface area contributed by atoms with E-state index in [4.69, 9.17) is 0 Å². The standard InChI is InChI=1S/C16H19N3O2/c1-11-10-12-6-5-9-14(12)19-16(21)17(15(20)18(11)19)13-7-3-2-4-8-13/h2-4,7-8,11-12,14H,5-6,9-10H2,1H3/t11-,12+,14+/m1/s1. The van der Waals surface area contributed by atoms with Crippen molar-refractivity contribution in [1.82, 2.24) is 13.9 Å². The highest BCUT2D eigenvalue weighted by molar-refractivity contribution is 5.30. The molecule has 1 aliphatic heterocycles. The Morgan fingerprint density at radius 2 is 1.71 bits per heavy atom. The van der Waals surface area contributed by atoms with Crippen molar-refractivity contribution in [3.05, 3.63) is 51.3 Å². The maximum absolute atomic E-state index is 12.8. The van der Waals surface area contributed by atoms with E-state index in [0.717, 1.165) is 19.3 Å². The quantitative estimate of drug-likeness (QED) is 0.805. The average molecular weight is 285 g/mol. The van der Waals surface area contributed by atoms with Crippen molar-refractivity contribution in [2.75, 3.05) is 0 Å². The van der Waals surface area contributed by atoms with Crippen LogP contribution in [-0.2, 0) is 0 Å². The molecule has 5 nitrogen and oxygen atoms in total. The molecule has 21 heavy (non-hydrogen) atoms. The third kappa shape index (κ3) is 1.69. The van der Waals surface area contributed by atoms with Crippen LogP contribution in [0, 0.1) is 5.92 Å². The summed E-state index contributed by atoms with van der Waals surface area (Å²) in [5.74, 6) is 0.545. The van der Waals surface area contributed by atoms with Crippen LogP contribution in [0.5, 0.6) is 0 Å². The maximum Gasteiger partial charge on any atom is 0.352 e. The Morgan fingerprint density at radius 1 is 1.00 bits per heavy atom. The van der Waals surface area contributed by atoms with E-state index < -0.39 is 0 Å². The first-order valence-electron chi connectivity index (χ1n) is 7.70. The fraction of sp³-hybridized carbons (Fsp3) is 0.500. The molecule has 1 aliphatic carbocycles. The molecule has 1 aromatic heterocycles. The van der Waals surface area contributed by atoms with E-state index in [0.29, 0.717) is 11.6 Å². The van der Waals surface area contributed by atoms with Crippen LogP contribution in [0.2, 0.25) is 0 Å². The molecule has 2 aliphatic rings. The van der Waals surface area contributed by atoms with Gasteiger partial charge in [0, 0.05) is 0 Å². The van der Waals surface area contributed by atoms with E-state index in [2.05, 4.69) is 0 Å². The molecule has 0 N–H and O–H groups in total. The van der Waals surface area contributed by atoms with Crippen LogP contribution in [0.1, 0.15) is 44.7 Å². The molecule has 1 fully saturated rings. The molecule has 1 saturated carbocycles. The zero-order valence-corrected chi connectivity index (χ0v) is 12.1. The highest BCUT2D eigenvalue weighted by Crippen LogP contribution is 2.42. The normalized spacial score (nSPS) is 27.4. The number of hydrogen-bond donors (Lipinski definition) is 0. The third-order valence-corrected chi connectivity index (χ3v) is 5.02. The molecule has 0 spiro atoms. The maximum atomic E-state index is 12.8. The number of nitrogens with zero attached hydrogens (tertiary/aromatic N) is 3. The Balaban J connectivity index is 1.99. The van der Waals surface area contributed by atoms with Crippen LogP contribution in [0.4, 0.5) is 0 Å². The summed E-state index contributed by atoms with van der Waals surface area (Å²) in [6, 6.07) is 9.51. The number of fused-ring (bicyclic) bond motifs is 3. The number of rotatable bonds is 1. The molecule has 2 heterocycles. The van der Waals surface area contributed by atoms with Gasteiger partial charge >= 0.3 is 11.4 Å². The van der Waals surface area contributed by atoms with Gasteiger partial charge in [0.05, 0.1) is 17.8 Å². The Morgan fingerprint density at radius 3 is 2.48 bits per heavy atom. The molecule has 5 heteroatoms. The summed E-state index contributed by atoms with van der Waals surface area (Å²) in [7, 11) is 0. The first-order chi connectivity index (χ1) is 10.2. The second-order valence-electron chi connectivity index (χ2n) is 6.27. The van der Waals surface area contributed by atoms with Gasteiger partial charge in [-0.05, 0) is 44.2 Å². The van der Waals surface area contributed by atoms with Crippen molar-refractivity contribution in [3.8, 4) is 5.69 Å². The molecule has 0 amide bonds. The summed E-state index contributed by atoms with van der Waals surface area (Å²) in [6.07, 6.45) is 4.34. The van der Waals surface area contributed by atoms with Crippen molar-refractivity contribution in [1.29, 1.82) is 0 Å². The Kier molecular flexibility index (Phi) is 2.71. The fourth-order valence-electron chi connectivity index (χ4n) is 4.12. The summed E-state index contributed by atoms with van der Waals surface area (Å²) >= 11 is 0. The van der Waals surface area contributed by atoms with Crippen molar-refractivity contribution in [3.63, 3.8) is 0 Å². The van der Waals surface area contributed by atoms with Crippen molar-refractivity contribution < 1.29 is 0 Å². The molecular formula is C16H19N3O2. The lowest BCUT2D eigenvalue weighted by Gasteiger charge is -2.32. The fourth-order valence-corrected chi connectivity index (χ4v) is 4.12. The molecule has 2 aromatic rings. The zero-order chi connectivity index (χ0) is 14.6. The SMILES string of the molecule is C[C@@H]1C[C@@H]2CCC[C@@H]2n2c(=O)n(-c3ccccc3)c(=O)n21. The van der Waals surface area contributed by atoms with Gasteiger partial charge in [-0.3, -0.25) is 0 Å².